The third kappa shape index (κ3) is 6.10. The topological polar surface area (TPSA) is 102 Å². The molecule has 0 aromatic heterocycles. The van der Waals surface area contributed by atoms with Crippen LogP contribution in [0.3, 0.4) is 0 Å². The van der Waals surface area contributed by atoms with Gasteiger partial charge in [-0.25, -0.2) is 8.42 Å². The van der Waals surface area contributed by atoms with E-state index in [1.165, 1.54) is 17.5 Å². The Morgan fingerprint density at radius 2 is 1.54 bits per heavy atom. The number of rotatable bonds is 10. The van der Waals surface area contributed by atoms with Gasteiger partial charge in [-0.15, -0.1) is 0 Å². The van der Waals surface area contributed by atoms with E-state index >= 15 is 0 Å². The van der Waals surface area contributed by atoms with Crippen LogP contribution in [-0.2, 0) is 21.4 Å². The molecule has 192 valence electrons. The maximum absolute atomic E-state index is 12.7. The molecular weight excluding hydrogens is 490 g/mol. The average molecular weight is 520 g/mol. The lowest BCUT2D eigenvalue weighted by atomic mass is 10.1. The monoisotopic (exact) mass is 519 g/mol. The molecule has 4 aromatic carbocycles. The third-order valence-electron chi connectivity index (χ3n) is 6.08. The molecule has 0 bridgehead atoms. The van der Waals surface area contributed by atoms with Crippen LogP contribution in [0.15, 0.2) is 89.8 Å². The fourth-order valence-corrected chi connectivity index (χ4v) is 5.33. The number of hydrogen-bond acceptors (Lipinski definition) is 5. The van der Waals surface area contributed by atoms with Crippen LogP contribution in [0.4, 0.5) is 0 Å². The van der Waals surface area contributed by atoms with Crippen LogP contribution in [0.2, 0.25) is 0 Å². The molecule has 0 fully saturated rings. The molecule has 0 unspecified atom stereocenters. The van der Waals surface area contributed by atoms with Crippen LogP contribution in [0.1, 0.15) is 19.4 Å². The van der Waals surface area contributed by atoms with Crippen molar-refractivity contribution in [2.24, 2.45) is 5.92 Å². The highest BCUT2D eigenvalue weighted by molar-refractivity contribution is 7.89. The van der Waals surface area contributed by atoms with Gasteiger partial charge in [0.2, 0.25) is 10.0 Å². The average Bonchev–Trinajstić information content (AvgIpc) is 2.90. The summed E-state index contributed by atoms with van der Waals surface area (Å²) in [5, 5.41) is 11.6. The first kappa shape index (κ1) is 26.2. The summed E-state index contributed by atoms with van der Waals surface area (Å²) in [5.41, 5.74) is 2.63. The van der Waals surface area contributed by atoms with Crippen molar-refractivity contribution in [3.8, 4) is 22.6 Å². The molecule has 0 saturated heterocycles. The van der Waals surface area contributed by atoms with E-state index in [9.17, 15) is 18.3 Å². The minimum atomic E-state index is -3.99. The summed E-state index contributed by atoms with van der Waals surface area (Å²) < 4.78 is 39.2. The summed E-state index contributed by atoms with van der Waals surface area (Å²) in [6.45, 7) is 3.67. The van der Waals surface area contributed by atoms with E-state index in [2.05, 4.69) is 29.0 Å². The molecule has 0 saturated carbocycles. The van der Waals surface area contributed by atoms with Crippen molar-refractivity contribution in [3.05, 3.63) is 90.5 Å². The summed E-state index contributed by atoms with van der Waals surface area (Å²) in [7, 11) is -2.42. The standard InChI is InChI=1S/C29H29NO6S/c1-19(2)28(29(31)32)30-37(33,34)25-13-10-22(11-14-25)24-12-15-26(27(17-24)35-3)36-18-20-8-9-21-6-4-5-7-23(21)16-20/h4-17,19,28,30H,18H2,1-3H3,(H,31,32)/t28-/m1/s1. The molecule has 0 spiro atoms. The summed E-state index contributed by atoms with van der Waals surface area (Å²) in [6.07, 6.45) is 0. The number of aliphatic carboxylic acids is 1. The lowest BCUT2D eigenvalue weighted by molar-refractivity contribution is -0.140. The van der Waals surface area contributed by atoms with Gasteiger partial charge in [-0.3, -0.25) is 4.79 Å². The molecule has 0 radical (unpaired) electrons. The first-order valence-corrected chi connectivity index (χ1v) is 13.3. The van der Waals surface area contributed by atoms with Crippen molar-refractivity contribution < 1.29 is 27.8 Å². The number of benzene rings is 4. The Balaban J connectivity index is 1.49. The van der Waals surface area contributed by atoms with E-state index < -0.39 is 28.0 Å². The minimum absolute atomic E-state index is 0.00884. The van der Waals surface area contributed by atoms with Gasteiger partial charge in [0.1, 0.15) is 12.6 Å². The molecule has 37 heavy (non-hydrogen) atoms. The molecule has 1 atom stereocenters. The second-order valence-electron chi connectivity index (χ2n) is 9.04. The van der Waals surface area contributed by atoms with Crippen molar-refractivity contribution >= 4 is 26.8 Å². The highest BCUT2D eigenvalue weighted by atomic mass is 32.2. The summed E-state index contributed by atoms with van der Waals surface area (Å²) >= 11 is 0. The molecule has 8 heteroatoms. The molecule has 2 N–H and O–H groups in total. The Morgan fingerprint density at radius 3 is 2.19 bits per heavy atom. The Morgan fingerprint density at radius 1 is 0.865 bits per heavy atom. The maximum atomic E-state index is 12.7. The second-order valence-corrected chi connectivity index (χ2v) is 10.8. The highest BCUT2D eigenvalue weighted by Gasteiger charge is 2.28. The fraction of sp³-hybridized carbons (Fsp3) is 0.207. The zero-order chi connectivity index (χ0) is 26.6. The van der Waals surface area contributed by atoms with Gasteiger partial charge in [0.05, 0.1) is 12.0 Å². The number of ether oxygens (including phenoxy) is 2. The molecule has 0 aliphatic rings. The molecule has 4 aromatic rings. The van der Waals surface area contributed by atoms with E-state index in [1.54, 1.807) is 33.1 Å². The summed E-state index contributed by atoms with van der Waals surface area (Å²) in [6, 6.07) is 24.9. The van der Waals surface area contributed by atoms with Gasteiger partial charge in [0.25, 0.3) is 0 Å². The quantitative estimate of drug-likeness (QED) is 0.288. The molecule has 0 heterocycles. The van der Waals surface area contributed by atoms with E-state index in [-0.39, 0.29) is 4.90 Å². The zero-order valence-electron chi connectivity index (χ0n) is 20.8. The predicted octanol–water partition coefficient (Wildman–Crippen LogP) is 5.48. The number of methoxy groups -OCH3 is 1. The van der Waals surface area contributed by atoms with Crippen LogP contribution in [-0.4, -0.2) is 32.6 Å². The Hall–Kier alpha value is -3.88. The molecule has 0 amide bonds. The lowest BCUT2D eigenvalue weighted by Gasteiger charge is -2.18. The van der Waals surface area contributed by atoms with Crippen LogP contribution in [0.25, 0.3) is 21.9 Å². The lowest BCUT2D eigenvalue weighted by Crippen LogP contribution is -2.44. The Labute approximate surface area is 216 Å². The van der Waals surface area contributed by atoms with E-state index in [0.717, 1.165) is 22.1 Å². The Bertz CT molecular complexity index is 1510. The van der Waals surface area contributed by atoms with Gasteiger partial charge in [-0.1, -0.05) is 68.4 Å². The van der Waals surface area contributed by atoms with Crippen LogP contribution in [0.5, 0.6) is 11.5 Å². The van der Waals surface area contributed by atoms with Crippen molar-refractivity contribution in [1.29, 1.82) is 0 Å². The smallest absolute Gasteiger partial charge is 0.322 e. The van der Waals surface area contributed by atoms with Gasteiger partial charge in [-0.05, 0) is 63.7 Å². The van der Waals surface area contributed by atoms with Crippen molar-refractivity contribution in [2.75, 3.05) is 7.11 Å². The van der Waals surface area contributed by atoms with Crippen molar-refractivity contribution in [1.82, 2.24) is 4.72 Å². The molecule has 0 aliphatic carbocycles. The summed E-state index contributed by atoms with van der Waals surface area (Å²) in [4.78, 5) is 11.4. The largest absolute Gasteiger partial charge is 0.493 e. The van der Waals surface area contributed by atoms with Crippen molar-refractivity contribution in [3.63, 3.8) is 0 Å². The number of carbonyl (C=O) groups is 1. The van der Waals surface area contributed by atoms with Crippen LogP contribution < -0.4 is 14.2 Å². The van der Waals surface area contributed by atoms with Gasteiger partial charge < -0.3 is 14.6 Å². The van der Waals surface area contributed by atoms with Crippen molar-refractivity contribution in [2.45, 2.75) is 31.4 Å². The second kappa shape index (κ2) is 11.0. The first-order chi connectivity index (χ1) is 17.7. The SMILES string of the molecule is COc1cc(-c2ccc(S(=O)(=O)N[C@@H](C(=O)O)C(C)C)cc2)ccc1OCc1ccc2ccccc2c1. The van der Waals surface area contributed by atoms with Crippen LogP contribution >= 0.6 is 0 Å². The Kier molecular flexibility index (Phi) is 7.80. The number of sulfonamides is 1. The van der Waals surface area contributed by atoms with E-state index in [1.807, 2.05) is 36.4 Å². The first-order valence-electron chi connectivity index (χ1n) is 11.8. The number of carboxylic acid groups (broad SMARTS) is 1. The summed E-state index contributed by atoms with van der Waals surface area (Å²) in [5.74, 6) is -0.472. The minimum Gasteiger partial charge on any atom is -0.493 e. The zero-order valence-corrected chi connectivity index (χ0v) is 21.7. The van der Waals surface area contributed by atoms with E-state index in [4.69, 9.17) is 9.47 Å². The fourth-order valence-electron chi connectivity index (χ4n) is 3.99. The van der Waals surface area contributed by atoms with Crippen LogP contribution in [0, 0.1) is 5.92 Å². The number of hydrogen-bond donors (Lipinski definition) is 2. The predicted molar refractivity (Wildman–Crippen MR) is 143 cm³/mol. The molecule has 0 aliphatic heterocycles. The van der Waals surface area contributed by atoms with Gasteiger partial charge in [-0.2, -0.15) is 4.72 Å². The molecular formula is C29H29NO6S. The van der Waals surface area contributed by atoms with Gasteiger partial charge >= 0.3 is 5.97 Å². The molecule has 7 nitrogen and oxygen atoms in total. The van der Waals surface area contributed by atoms with Gasteiger partial charge in [0.15, 0.2) is 11.5 Å². The maximum Gasteiger partial charge on any atom is 0.322 e. The molecule has 4 rings (SSSR count). The normalized spacial score (nSPS) is 12.4. The number of carboxylic acids is 1. The van der Waals surface area contributed by atoms with Gasteiger partial charge in [0, 0.05) is 0 Å². The van der Waals surface area contributed by atoms with E-state index in [0.29, 0.717) is 18.1 Å². The number of fused-ring (bicyclic) bond motifs is 1. The number of nitrogens with one attached hydrogen (secondary N) is 1. The third-order valence-corrected chi connectivity index (χ3v) is 7.54. The highest BCUT2D eigenvalue weighted by Crippen LogP contribution is 2.33.